The van der Waals surface area contributed by atoms with Crippen LogP contribution < -0.4 is 5.73 Å². The molecule has 0 aliphatic heterocycles. The van der Waals surface area contributed by atoms with E-state index in [1.165, 1.54) is 11.3 Å². The Kier molecular flexibility index (Phi) is 1.48. The fourth-order valence-corrected chi connectivity index (χ4v) is 2.64. The maximum absolute atomic E-state index is 6.05. The second-order valence-electron chi connectivity index (χ2n) is 2.92. The Morgan fingerprint density at radius 1 is 1.50 bits per heavy atom. The maximum Gasteiger partial charge on any atom is 0.181 e. The van der Waals surface area contributed by atoms with E-state index in [1.54, 1.807) is 6.20 Å². The molecule has 2 aromatic heterocycles. The normalized spacial score (nSPS) is 11.5. The first kappa shape index (κ1) is 8.02. The number of H-pyrrole nitrogens is 1. The summed E-state index contributed by atoms with van der Waals surface area (Å²) in [5.74, 6) is 0. The van der Waals surface area contributed by atoms with E-state index >= 15 is 0 Å². The van der Waals surface area contributed by atoms with Crippen molar-refractivity contribution in [3.63, 3.8) is 0 Å². The third-order valence-corrected chi connectivity index (χ3v) is 3.26. The number of nitrogens with one attached hydrogen (secondary N) is 1. The second kappa shape index (κ2) is 2.59. The molecule has 0 unspecified atom stereocenters. The van der Waals surface area contributed by atoms with Crippen molar-refractivity contribution in [2.75, 3.05) is 5.73 Å². The fraction of sp³-hybridized carbons (Fsp3) is 0. The Balaban J connectivity index is 2.65. The molecule has 3 rings (SSSR count). The van der Waals surface area contributed by atoms with Crippen LogP contribution in [0.2, 0.25) is 5.02 Å². The second-order valence-corrected chi connectivity index (χ2v) is 4.36. The van der Waals surface area contributed by atoms with Gasteiger partial charge in [-0.25, -0.2) is 4.98 Å². The lowest BCUT2D eigenvalue weighted by molar-refractivity contribution is 1.12. The number of hydrogen-bond donors (Lipinski definition) is 2. The number of nitrogens with zero attached hydrogens (tertiary/aromatic N) is 2. The van der Waals surface area contributed by atoms with Crippen LogP contribution in [0.15, 0.2) is 12.3 Å². The van der Waals surface area contributed by atoms with Gasteiger partial charge in [-0.2, -0.15) is 5.10 Å². The van der Waals surface area contributed by atoms with Gasteiger partial charge in [0.15, 0.2) is 5.13 Å². The number of rotatable bonds is 0. The third-order valence-electron chi connectivity index (χ3n) is 2.05. The van der Waals surface area contributed by atoms with Gasteiger partial charge in [0.2, 0.25) is 0 Å². The molecule has 0 aliphatic rings. The Labute approximate surface area is 87.7 Å². The molecule has 0 atom stereocenters. The predicted molar refractivity (Wildman–Crippen MR) is 58.7 cm³/mol. The Bertz CT molecular complexity index is 627. The van der Waals surface area contributed by atoms with E-state index < -0.39 is 0 Å². The Morgan fingerprint density at radius 2 is 2.36 bits per heavy atom. The van der Waals surface area contributed by atoms with Gasteiger partial charge in [-0.3, -0.25) is 5.10 Å². The Morgan fingerprint density at radius 3 is 3.21 bits per heavy atom. The summed E-state index contributed by atoms with van der Waals surface area (Å²) in [7, 11) is 0. The first-order valence-corrected chi connectivity index (χ1v) is 5.13. The van der Waals surface area contributed by atoms with Gasteiger partial charge in [0, 0.05) is 5.39 Å². The SMILES string of the molecule is Nc1nc2c(Cl)cc3[nH]ncc3c2s1. The monoisotopic (exact) mass is 224 g/mol. The molecule has 0 spiro atoms. The smallest absolute Gasteiger partial charge is 0.181 e. The molecule has 1 aromatic carbocycles. The number of halogens is 1. The minimum Gasteiger partial charge on any atom is -0.375 e. The van der Waals surface area contributed by atoms with E-state index in [2.05, 4.69) is 15.2 Å². The summed E-state index contributed by atoms with van der Waals surface area (Å²) >= 11 is 7.47. The summed E-state index contributed by atoms with van der Waals surface area (Å²) in [6.45, 7) is 0. The molecule has 0 saturated carbocycles. The van der Waals surface area contributed by atoms with E-state index in [9.17, 15) is 0 Å². The number of hydrogen-bond acceptors (Lipinski definition) is 4. The molecule has 0 fully saturated rings. The van der Waals surface area contributed by atoms with Crippen molar-refractivity contribution in [3.8, 4) is 0 Å². The number of fused-ring (bicyclic) bond motifs is 3. The summed E-state index contributed by atoms with van der Waals surface area (Å²) in [6, 6.07) is 1.81. The van der Waals surface area contributed by atoms with Crippen molar-refractivity contribution in [2.24, 2.45) is 0 Å². The van der Waals surface area contributed by atoms with Crippen LogP contribution in [-0.4, -0.2) is 15.2 Å². The average Bonchev–Trinajstić information content (AvgIpc) is 2.69. The van der Waals surface area contributed by atoms with Crippen molar-refractivity contribution in [3.05, 3.63) is 17.3 Å². The van der Waals surface area contributed by atoms with E-state index in [-0.39, 0.29) is 0 Å². The highest BCUT2D eigenvalue weighted by Gasteiger charge is 2.10. The number of nitrogens with two attached hydrogens (primary N) is 1. The van der Waals surface area contributed by atoms with Crippen LogP contribution in [0.25, 0.3) is 21.1 Å². The molecule has 6 heteroatoms. The average molecular weight is 225 g/mol. The zero-order valence-electron chi connectivity index (χ0n) is 6.91. The van der Waals surface area contributed by atoms with Gasteiger partial charge in [-0.05, 0) is 6.07 Å². The van der Waals surface area contributed by atoms with Gasteiger partial charge in [0.25, 0.3) is 0 Å². The van der Waals surface area contributed by atoms with E-state index in [1.807, 2.05) is 6.07 Å². The number of aromatic amines is 1. The summed E-state index contributed by atoms with van der Waals surface area (Å²) in [6.07, 6.45) is 1.76. The lowest BCUT2D eigenvalue weighted by Gasteiger charge is -1.92. The van der Waals surface area contributed by atoms with E-state index in [0.717, 1.165) is 21.1 Å². The number of thiazole rings is 1. The minimum absolute atomic E-state index is 0.524. The molecule has 2 heterocycles. The standard InChI is InChI=1S/C8H5ClN4S/c9-4-1-5-3(2-11-13-5)7-6(4)12-8(10)14-7/h1-2H,(H2,10,12)(H,11,13). The fourth-order valence-electron chi connectivity index (χ4n) is 1.46. The van der Waals surface area contributed by atoms with Crippen LogP contribution in [0.4, 0.5) is 5.13 Å². The van der Waals surface area contributed by atoms with Crippen LogP contribution in [-0.2, 0) is 0 Å². The van der Waals surface area contributed by atoms with Crippen LogP contribution in [0.1, 0.15) is 0 Å². The van der Waals surface area contributed by atoms with Gasteiger partial charge in [0.05, 0.1) is 21.4 Å². The Hall–Kier alpha value is -1.33. The predicted octanol–water partition coefficient (Wildman–Crippen LogP) is 2.41. The molecule has 0 amide bonds. The van der Waals surface area contributed by atoms with Crippen LogP contribution in [0.3, 0.4) is 0 Å². The maximum atomic E-state index is 6.05. The summed E-state index contributed by atoms with van der Waals surface area (Å²) in [4.78, 5) is 4.17. The summed E-state index contributed by atoms with van der Waals surface area (Å²) in [5.41, 5.74) is 7.30. The molecule has 0 radical (unpaired) electrons. The quantitative estimate of drug-likeness (QED) is 0.616. The molecular weight excluding hydrogens is 220 g/mol. The zero-order chi connectivity index (χ0) is 9.71. The van der Waals surface area contributed by atoms with Crippen LogP contribution in [0.5, 0.6) is 0 Å². The van der Waals surface area contributed by atoms with Crippen LogP contribution in [0, 0.1) is 0 Å². The van der Waals surface area contributed by atoms with Gasteiger partial charge >= 0.3 is 0 Å². The lowest BCUT2D eigenvalue weighted by Crippen LogP contribution is -1.79. The topological polar surface area (TPSA) is 67.6 Å². The summed E-state index contributed by atoms with van der Waals surface area (Å²) in [5, 5.41) is 8.96. The molecule has 4 nitrogen and oxygen atoms in total. The van der Waals surface area contributed by atoms with Gasteiger partial charge in [-0.1, -0.05) is 22.9 Å². The highest BCUT2D eigenvalue weighted by Crippen LogP contribution is 2.35. The van der Waals surface area contributed by atoms with Crippen molar-refractivity contribution in [1.29, 1.82) is 0 Å². The van der Waals surface area contributed by atoms with Crippen molar-refractivity contribution in [1.82, 2.24) is 15.2 Å². The van der Waals surface area contributed by atoms with Crippen molar-refractivity contribution >= 4 is 49.2 Å². The molecule has 3 N–H and O–H groups in total. The van der Waals surface area contributed by atoms with Crippen molar-refractivity contribution < 1.29 is 0 Å². The first-order valence-electron chi connectivity index (χ1n) is 3.93. The number of benzene rings is 1. The summed E-state index contributed by atoms with van der Waals surface area (Å²) < 4.78 is 0.985. The molecule has 3 aromatic rings. The van der Waals surface area contributed by atoms with E-state index in [4.69, 9.17) is 17.3 Å². The first-order chi connectivity index (χ1) is 6.75. The minimum atomic E-state index is 0.524. The molecule has 0 saturated heterocycles. The molecule has 14 heavy (non-hydrogen) atoms. The molecule has 0 aliphatic carbocycles. The molecular formula is C8H5ClN4S. The van der Waals surface area contributed by atoms with Crippen LogP contribution >= 0.6 is 22.9 Å². The number of aromatic nitrogens is 3. The van der Waals surface area contributed by atoms with Gasteiger partial charge in [-0.15, -0.1) is 0 Å². The largest absolute Gasteiger partial charge is 0.375 e. The zero-order valence-corrected chi connectivity index (χ0v) is 8.49. The number of nitrogen functional groups attached to an aromatic ring is 1. The van der Waals surface area contributed by atoms with Crippen molar-refractivity contribution in [2.45, 2.75) is 0 Å². The van der Waals surface area contributed by atoms with Gasteiger partial charge < -0.3 is 5.73 Å². The number of anilines is 1. The highest BCUT2D eigenvalue weighted by molar-refractivity contribution is 7.23. The van der Waals surface area contributed by atoms with Gasteiger partial charge in [0.1, 0.15) is 5.52 Å². The molecule has 0 bridgehead atoms. The van der Waals surface area contributed by atoms with E-state index in [0.29, 0.717) is 10.2 Å². The lowest BCUT2D eigenvalue weighted by atomic mass is 10.2. The highest BCUT2D eigenvalue weighted by atomic mass is 35.5. The third kappa shape index (κ3) is 0.935. The molecule has 70 valence electrons.